The quantitative estimate of drug-likeness (QED) is 0.394. The molecule has 7 heteroatoms. The zero-order chi connectivity index (χ0) is 12.1. The first-order chi connectivity index (χ1) is 6.74. The van der Waals surface area contributed by atoms with Gasteiger partial charge in [0.2, 0.25) is 0 Å². The summed E-state index contributed by atoms with van der Waals surface area (Å²) in [6, 6.07) is 3.85. The van der Waals surface area contributed by atoms with Gasteiger partial charge >= 0.3 is 7.25 Å². The van der Waals surface area contributed by atoms with Crippen molar-refractivity contribution in [3.05, 3.63) is 29.6 Å². The van der Waals surface area contributed by atoms with Crippen LogP contribution in [0.5, 0.6) is 0 Å². The molecular weight excluding hydrogens is 216 g/mol. The van der Waals surface area contributed by atoms with Gasteiger partial charge in [0.1, 0.15) is 0 Å². The Balaban J connectivity index is 0.000000336. The highest BCUT2D eigenvalue weighted by Crippen LogP contribution is 2.06. The van der Waals surface area contributed by atoms with E-state index >= 15 is 0 Å². The van der Waals surface area contributed by atoms with E-state index in [0.29, 0.717) is 0 Å². The summed E-state index contributed by atoms with van der Waals surface area (Å²) >= 11 is 0. The molecule has 0 saturated heterocycles. The number of nitrogens with zero attached hydrogens (tertiary/aromatic N) is 1. The molecule has 0 aliphatic rings. The van der Waals surface area contributed by atoms with Crippen molar-refractivity contribution in [3.8, 4) is 0 Å². The van der Waals surface area contributed by atoms with Crippen LogP contribution in [0, 0.1) is 13.8 Å². The number of halogens is 5. The fourth-order valence-corrected chi connectivity index (χ4v) is 0.920. The van der Waals surface area contributed by atoms with Gasteiger partial charge in [0.05, 0.1) is 0 Å². The van der Waals surface area contributed by atoms with Crippen molar-refractivity contribution < 1.29 is 26.2 Å². The predicted molar refractivity (Wildman–Crippen MR) is 47.4 cm³/mol. The molecule has 0 aliphatic carbocycles. The molecule has 1 rings (SSSR count). The Bertz CT molecular complexity index is 306. The van der Waals surface area contributed by atoms with Gasteiger partial charge in [-0.1, -0.05) is 0 Å². The van der Waals surface area contributed by atoms with Gasteiger partial charge in [-0.05, 0) is 12.5 Å². The first kappa shape index (κ1) is 13.9. The van der Waals surface area contributed by atoms with Gasteiger partial charge in [-0.2, -0.15) is 8.96 Å². The zero-order valence-corrected chi connectivity index (χ0v) is 8.35. The fraction of sp³-hybridized carbons (Fsp3) is 0.375. The molecule has 86 valence electrons. The van der Waals surface area contributed by atoms with Crippen LogP contribution in [0.3, 0.4) is 0 Å². The number of aryl methyl sites for hydroxylation is 2. The topological polar surface area (TPSA) is 3.88 Å². The van der Waals surface area contributed by atoms with Crippen LogP contribution < -0.4 is 4.57 Å². The molecular formula is C8H11BF5N. The largest absolute Gasteiger partial charge is 0.673 e. The molecule has 0 spiro atoms. The summed E-state index contributed by atoms with van der Waals surface area (Å²) in [6.07, 6.45) is 1.75. The lowest BCUT2D eigenvalue weighted by Gasteiger charge is -1.94. The van der Waals surface area contributed by atoms with Crippen molar-refractivity contribution in [2.75, 3.05) is 0 Å². The van der Waals surface area contributed by atoms with Crippen molar-refractivity contribution in [1.82, 2.24) is 0 Å². The van der Waals surface area contributed by atoms with Crippen LogP contribution in [0.25, 0.3) is 0 Å². The molecule has 0 aliphatic heterocycles. The summed E-state index contributed by atoms with van der Waals surface area (Å²) in [4.78, 5) is 0. The molecule has 1 aromatic heterocycles. The highest BCUT2D eigenvalue weighted by Gasteiger charge is 2.20. The number of aromatic nitrogens is 1. The van der Waals surface area contributed by atoms with Crippen LogP contribution in [-0.2, 0) is 6.80 Å². The maximum atomic E-state index is 12.1. The number of hydrogen-bond donors (Lipinski definition) is 0. The third-order valence-electron chi connectivity index (χ3n) is 1.54. The highest BCUT2D eigenvalue weighted by atomic mass is 19.5. The van der Waals surface area contributed by atoms with Crippen molar-refractivity contribution in [2.24, 2.45) is 0 Å². The molecule has 15 heavy (non-hydrogen) atoms. The zero-order valence-electron chi connectivity index (χ0n) is 8.35. The molecule has 0 radical (unpaired) electrons. The van der Waals surface area contributed by atoms with E-state index in [9.17, 15) is 21.7 Å². The second kappa shape index (κ2) is 5.67. The monoisotopic (exact) mass is 227 g/mol. The molecule has 1 heterocycles. The Kier molecular flexibility index (Phi) is 5.25. The van der Waals surface area contributed by atoms with Crippen LogP contribution in [0.15, 0.2) is 18.3 Å². The fourth-order valence-electron chi connectivity index (χ4n) is 0.920. The second-order valence-electron chi connectivity index (χ2n) is 2.93. The average Bonchev–Trinajstić information content (AvgIpc) is 2.01. The Morgan fingerprint density at radius 3 is 2.00 bits per heavy atom. The second-order valence-corrected chi connectivity index (χ2v) is 2.93. The minimum Gasteiger partial charge on any atom is -0.418 e. The Hall–Kier alpha value is -1.14. The maximum absolute atomic E-state index is 12.1. The summed E-state index contributed by atoms with van der Waals surface area (Å²) in [5.41, 5.74) is 2.13. The minimum atomic E-state index is -6.00. The molecule has 0 aromatic carbocycles. The van der Waals surface area contributed by atoms with Crippen molar-refractivity contribution >= 4 is 7.25 Å². The van der Waals surface area contributed by atoms with E-state index in [0.717, 1.165) is 5.69 Å². The maximum Gasteiger partial charge on any atom is 0.673 e. The van der Waals surface area contributed by atoms with E-state index in [2.05, 4.69) is 0 Å². The minimum absolute atomic E-state index is 0.438. The van der Waals surface area contributed by atoms with Gasteiger partial charge in [-0.3, -0.25) is 0 Å². The molecule has 0 atom stereocenters. The van der Waals surface area contributed by atoms with Gasteiger partial charge in [0.15, 0.2) is 11.9 Å². The smallest absolute Gasteiger partial charge is 0.418 e. The predicted octanol–water partition coefficient (Wildman–Crippen LogP) is 2.82. The van der Waals surface area contributed by atoms with Crippen molar-refractivity contribution in [3.63, 3.8) is 0 Å². The third kappa shape index (κ3) is 7.90. The summed E-state index contributed by atoms with van der Waals surface area (Å²) in [5.74, 6) is 0. The lowest BCUT2D eigenvalue weighted by molar-refractivity contribution is -0.724. The Morgan fingerprint density at radius 2 is 1.67 bits per heavy atom. The molecule has 0 saturated carbocycles. The van der Waals surface area contributed by atoms with Gasteiger partial charge in [-0.25, -0.2) is 0 Å². The van der Waals surface area contributed by atoms with Gasteiger partial charge in [-0.15, -0.1) is 0 Å². The highest BCUT2D eigenvalue weighted by molar-refractivity contribution is 6.50. The molecule has 0 fully saturated rings. The van der Waals surface area contributed by atoms with E-state index in [1.807, 2.05) is 26.0 Å². The van der Waals surface area contributed by atoms with E-state index in [4.69, 9.17) is 0 Å². The molecule has 0 unspecified atom stereocenters. The van der Waals surface area contributed by atoms with Gasteiger partial charge in [0, 0.05) is 19.1 Å². The number of alkyl halides is 1. The van der Waals surface area contributed by atoms with Gasteiger partial charge < -0.3 is 17.3 Å². The van der Waals surface area contributed by atoms with Gasteiger partial charge in [0.25, 0.3) is 6.80 Å². The van der Waals surface area contributed by atoms with Crippen LogP contribution in [-0.4, -0.2) is 7.25 Å². The van der Waals surface area contributed by atoms with Crippen LogP contribution in [0.1, 0.15) is 11.3 Å². The third-order valence-corrected chi connectivity index (χ3v) is 1.54. The summed E-state index contributed by atoms with van der Waals surface area (Å²) in [7, 11) is -6.00. The van der Waals surface area contributed by atoms with Crippen LogP contribution in [0.2, 0.25) is 0 Å². The van der Waals surface area contributed by atoms with Crippen LogP contribution in [0.4, 0.5) is 21.7 Å². The summed E-state index contributed by atoms with van der Waals surface area (Å²) < 4.78 is 52.6. The standard InChI is InChI=1S/C8H11FN.BF4/c1-7-3-4-10(6-9)8(2)5-7;2-1(3,4)5/h3-5H,6H2,1-2H3;/q+1;-1. The van der Waals surface area contributed by atoms with Crippen LogP contribution >= 0.6 is 0 Å². The number of hydrogen-bond acceptors (Lipinski definition) is 0. The van der Waals surface area contributed by atoms with Crippen molar-refractivity contribution in [2.45, 2.75) is 20.6 Å². The first-order valence-corrected chi connectivity index (χ1v) is 4.14. The molecule has 0 amide bonds. The molecule has 0 bridgehead atoms. The number of pyridine rings is 1. The summed E-state index contributed by atoms with van der Waals surface area (Å²) in [5, 5.41) is 0. The Morgan fingerprint density at radius 1 is 1.20 bits per heavy atom. The molecule has 1 aromatic rings. The average molecular weight is 227 g/mol. The first-order valence-electron chi connectivity index (χ1n) is 4.14. The van der Waals surface area contributed by atoms with E-state index in [-0.39, 0.29) is 0 Å². The van der Waals surface area contributed by atoms with E-state index in [1.165, 1.54) is 5.56 Å². The lowest BCUT2D eigenvalue weighted by Crippen LogP contribution is -2.34. The molecule has 1 nitrogen and oxygen atoms in total. The summed E-state index contributed by atoms with van der Waals surface area (Å²) in [6.45, 7) is 3.45. The number of rotatable bonds is 1. The normalized spacial score (nSPS) is 10.6. The van der Waals surface area contributed by atoms with E-state index < -0.39 is 14.1 Å². The molecule has 0 N–H and O–H groups in total. The SMILES string of the molecule is Cc1cc[n+](CF)c(C)c1.F[B-](F)(F)F. The Labute approximate surface area is 84.6 Å². The van der Waals surface area contributed by atoms with Crippen molar-refractivity contribution in [1.29, 1.82) is 0 Å². The lowest BCUT2D eigenvalue weighted by atomic mass is 10.2. The van der Waals surface area contributed by atoms with E-state index in [1.54, 1.807) is 10.8 Å².